The molecule has 0 bridgehead atoms. The van der Waals surface area contributed by atoms with Crippen LogP contribution < -0.4 is 0 Å². The molecular weight excluding hydrogens is 129 g/mol. The fourth-order valence-electron chi connectivity index (χ4n) is 0.323. The number of hydrogen-bond acceptors (Lipinski definition) is 1. The van der Waals surface area contributed by atoms with Gasteiger partial charge < -0.3 is 0 Å². The van der Waals surface area contributed by atoms with Crippen LogP contribution in [0.15, 0.2) is 12.1 Å². The van der Waals surface area contributed by atoms with Gasteiger partial charge in [0.2, 0.25) is 0 Å². The van der Waals surface area contributed by atoms with Crippen LogP contribution in [0.5, 0.6) is 0 Å². The second-order valence-corrected chi connectivity index (χ2v) is 1.61. The van der Waals surface area contributed by atoms with E-state index < -0.39 is 5.82 Å². The predicted octanol–water partition coefficient (Wildman–Crippen LogP) is 1.67. The Hall–Kier alpha value is -0.630. The smallest absolute Gasteiger partial charge is 0.151 e. The zero-order chi connectivity index (χ0) is 5.98. The second kappa shape index (κ2) is 2.09. The van der Waals surface area contributed by atoms with E-state index in [-0.39, 0.29) is 5.15 Å². The molecule has 0 saturated heterocycles. The summed E-state index contributed by atoms with van der Waals surface area (Å²) in [5.74, 6) is -0.491. The summed E-state index contributed by atoms with van der Waals surface area (Å²) < 4.78 is 11.9. The molecule has 0 aliphatic rings. The van der Waals surface area contributed by atoms with E-state index in [9.17, 15) is 4.39 Å². The predicted molar refractivity (Wildman–Crippen MR) is 28.0 cm³/mol. The highest BCUT2D eigenvalue weighted by atomic mass is 35.5. The standard InChI is InChI=1S/C5H2ClFN/c6-5-2-1-4(7)3-8-5/h1-2H. The summed E-state index contributed by atoms with van der Waals surface area (Å²) in [6.07, 6.45) is 2.05. The molecule has 0 saturated carbocycles. The number of aromatic nitrogens is 1. The number of nitrogens with zero attached hydrogens (tertiary/aromatic N) is 1. The summed E-state index contributed by atoms with van der Waals surface area (Å²) >= 11 is 5.30. The van der Waals surface area contributed by atoms with Crippen molar-refractivity contribution in [2.45, 2.75) is 0 Å². The Balaban J connectivity index is 3.03. The van der Waals surface area contributed by atoms with Crippen LogP contribution in [0.3, 0.4) is 0 Å². The van der Waals surface area contributed by atoms with Gasteiger partial charge in [-0.1, -0.05) is 11.6 Å². The van der Waals surface area contributed by atoms with Crippen LogP contribution in [0.1, 0.15) is 0 Å². The van der Waals surface area contributed by atoms with Crippen molar-refractivity contribution in [3.63, 3.8) is 0 Å². The molecule has 0 aliphatic carbocycles. The summed E-state index contributed by atoms with van der Waals surface area (Å²) in [6.45, 7) is 0. The van der Waals surface area contributed by atoms with Gasteiger partial charge >= 0.3 is 0 Å². The Labute approximate surface area is 51.1 Å². The first-order chi connectivity index (χ1) is 3.79. The van der Waals surface area contributed by atoms with Crippen LogP contribution in [0, 0.1) is 12.0 Å². The van der Waals surface area contributed by atoms with Crippen LogP contribution in [0.2, 0.25) is 5.15 Å². The first kappa shape index (κ1) is 5.51. The molecule has 0 amide bonds. The van der Waals surface area contributed by atoms with Gasteiger partial charge in [-0.2, -0.15) is 0 Å². The van der Waals surface area contributed by atoms with Crippen molar-refractivity contribution in [1.82, 2.24) is 4.98 Å². The molecule has 0 aliphatic heterocycles. The minimum atomic E-state index is -0.491. The van der Waals surface area contributed by atoms with Gasteiger partial charge in [0.25, 0.3) is 0 Å². The van der Waals surface area contributed by atoms with Crippen LogP contribution in [-0.4, -0.2) is 4.98 Å². The van der Waals surface area contributed by atoms with Gasteiger partial charge in [-0.15, -0.1) is 0 Å². The Morgan fingerprint density at radius 2 is 2.38 bits per heavy atom. The molecule has 0 unspecified atom stereocenters. The van der Waals surface area contributed by atoms with Gasteiger partial charge in [0.15, 0.2) is 5.82 Å². The zero-order valence-electron chi connectivity index (χ0n) is 3.86. The van der Waals surface area contributed by atoms with E-state index in [4.69, 9.17) is 11.6 Å². The molecule has 0 atom stereocenters. The van der Waals surface area contributed by atoms with Crippen molar-refractivity contribution in [2.24, 2.45) is 0 Å². The molecule has 1 rings (SSSR count). The maximum Gasteiger partial charge on any atom is 0.151 e. The second-order valence-electron chi connectivity index (χ2n) is 1.23. The number of halogens is 2. The Bertz CT molecular complexity index is 151. The molecule has 0 aromatic carbocycles. The quantitative estimate of drug-likeness (QED) is 0.487. The lowest BCUT2D eigenvalue weighted by atomic mass is 10.5. The van der Waals surface area contributed by atoms with E-state index in [1.807, 2.05) is 0 Å². The van der Waals surface area contributed by atoms with Crippen LogP contribution in [0.4, 0.5) is 4.39 Å². The van der Waals surface area contributed by atoms with Crippen molar-refractivity contribution in [3.8, 4) is 0 Å². The maximum absolute atomic E-state index is 11.9. The van der Waals surface area contributed by atoms with E-state index in [1.54, 1.807) is 0 Å². The van der Waals surface area contributed by atoms with Crippen molar-refractivity contribution >= 4 is 11.6 Å². The maximum atomic E-state index is 11.9. The molecule has 1 radical (unpaired) electrons. The lowest BCUT2D eigenvalue weighted by Gasteiger charge is -1.83. The molecule has 0 spiro atoms. The molecule has 8 heavy (non-hydrogen) atoms. The molecular formula is C5H2ClFN. The van der Waals surface area contributed by atoms with Crippen molar-refractivity contribution in [1.29, 1.82) is 0 Å². The molecule has 1 aromatic rings. The van der Waals surface area contributed by atoms with Gasteiger partial charge in [0.05, 0.1) is 0 Å². The van der Waals surface area contributed by atoms with Gasteiger partial charge in [-0.05, 0) is 12.1 Å². The van der Waals surface area contributed by atoms with Crippen LogP contribution in [-0.2, 0) is 0 Å². The largest absolute Gasteiger partial charge is 0.231 e. The first-order valence-electron chi connectivity index (χ1n) is 1.99. The van der Waals surface area contributed by atoms with Gasteiger partial charge in [-0.3, -0.25) is 0 Å². The highest BCUT2D eigenvalue weighted by Crippen LogP contribution is 2.01. The molecule has 1 aromatic heterocycles. The fraction of sp³-hybridized carbons (Fsp3) is 0. The van der Waals surface area contributed by atoms with E-state index >= 15 is 0 Å². The van der Waals surface area contributed by atoms with Crippen molar-refractivity contribution in [2.75, 3.05) is 0 Å². The highest BCUT2D eigenvalue weighted by Gasteiger charge is 1.88. The van der Waals surface area contributed by atoms with Gasteiger partial charge in [0, 0.05) is 0 Å². The lowest BCUT2D eigenvalue weighted by Crippen LogP contribution is -1.76. The molecule has 1 nitrogen and oxygen atoms in total. The van der Waals surface area contributed by atoms with E-state index in [0.717, 1.165) is 0 Å². The average Bonchev–Trinajstić information content (AvgIpc) is 1.77. The Morgan fingerprint density at radius 1 is 1.62 bits per heavy atom. The van der Waals surface area contributed by atoms with E-state index in [0.29, 0.717) is 0 Å². The Morgan fingerprint density at radius 3 is 2.75 bits per heavy atom. The molecule has 41 valence electrons. The summed E-state index contributed by atoms with van der Waals surface area (Å²) in [5.41, 5.74) is 0. The lowest BCUT2D eigenvalue weighted by molar-refractivity contribution is 0.618. The summed E-state index contributed by atoms with van der Waals surface area (Å²) in [4.78, 5) is 3.34. The van der Waals surface area contributed by atoms with Crippen molar-refractivity contribution < 1.29 is 4.39 Å². The molecule has 0 N–H and O–H groups in total. The Kier molecular flexibility index (Phi) is 1.44. The van der Waals surface area contributed by atoms with Gasteiger partial charge in [0.1, 0.15) is 11.3 Å². The summed E-state index contributed by atoms with van der Waals surface area (Å²) in [5, 5.41) is 0.256. The number of pyridine rings is 1. The normalized spacial score (nSPS) is 9.25. The van der Waals surface area contributed by atoms with E-state index in [2.05, 4.69) is 11.2 Å². The third-order valence-electron chi connectivity index (χ3n) is 0.637. The van der Waals surface area contributed by atoms with E-state index in [1.165, 1.54) is 12.1 Å². The third-order valence-corrected chi connectivity index (χ3v) is 0.847. The molecule has 3 heteroatoms. The van der Waals surface area contributed by atoms with Crippen LogP contribution in [0.25, 0.3) is 0 Å². The molecule has 0 fully saturated rings. The minimum absolute atomic E-state index is 0.256. The zero-order valence-corrected chi connectivity index (χ0v) is 4.61. The highest BCUT2D eigenvalue weighted by molar-refractivity contribution is 6.29. The van der Waals surface area contributed by atoms with Gasteiger partial charge in [-0.25, -0.2) is 9.37 Å². The topological polar surface area (TPSA) is 12.9 Å². The summed E-state index contributed by atoms with van der Waals surface area (Å²) in [7, 11) is 0. The SMILES string of the molecule is Fc1[c]nc(Cl)cc1. The summed E-state index contributed by atoms with van der Waals surface area (Å²) in [6, 6.07) is 2.57. The van der Waals surface area contributed by atoms with Crippen molar-refractivity contribution in [3.05, 3.63) is 29.3 Å². The van der Waals surface area contributed by atoms with Crippen LogP contribution >= 0.6 is 11.6 Å². The minimum Gasteiger partial charge on any atom is -0.231 e. The fourth-order valence-corrected chi connectivity index (χ4v) is 0.429. The average molecular weight is 131 g/mol. The number of hydrogen-bond donors (Lipinski definition) is 0. The molecule has 1 heterocycles. The monoisotopic (exact) mass is 130 g/mol. The third kappa shape index (κ3) is 1.17. The first-order valence-corrected chi connectivity index (χ1v) is 2.36. The number of rotatable bonds is 0.